The number of nitrogens with one attached hydrogen (secondary N) is 2. The molecule has 168 valence electrons. The van der Waals surface area contributed by atoms with Crippen molar-refractivity contribution in [3.8, 4) is 16.9 Å². The van der Waals surface area contributed by atoms with Crippen LogP contribution in [0.25, 0.3) is 11.1 Å². The third kappa shape index (κ3) is 5.32. The van der Waals surface area contributed by atoms with Crippen LogP contribution in [0.2, 0.25) is 0 Å². The summed E-state index contributed by atoms with van der Waals surface area (Å²) in [5.74, 6) is -0.209. The van der Waals surface area contributed by atoms with Crippen molar-refractivity contribution in [3.05, 3.63) is 100 Å². The number of hydrazine groups is 1. The molecule has 2 aromatic carbocycles. The second kappa shape index (κ2) is 10.2. The van der Waals surface area contributed by atoms with Crippen LogP contribution in [-0.4, -0.2) is 23.0 Å². The van der Waals surface area contributed by atoms with Gasteiger partial charge in [0, 0.05) is 21.8 Å². The molecule has 0 aliphatic rings. The highest BCUT2D eigenvalue weighted by Crippen LogP contribution is 2.29. The lowest BCUT2D eigenvalue weighted by atomic mass is 10.1. The Kier molecular flexibility index (Phi) is 6.90. The smallest absolute Gasteiger partial charge is 0.276 e. The lowest BCUT2D eigenvalue weighted by molar-refractivity contribution is -0.123. The van der Waals surface area contributed by atoms with Crippen LogP contribution in [0.1, 0.15) is 26.6 Å². The number of thiophene rings is 1. The van der Waals surface area contributed by atoms with Crippen molar-refractivity contribution in [1.29, 1.82) is 0 Å². The van der Waals surface area contributed by atoms with Gasteiger partial charge in [-0.05, 0) is 43.0 Å². The average molecular weight is 460 g/mol. The van der Waals surface area contributed by atoms with Gasteiger partial charge in [0.2, 0.25) is 0 Å². The Morgan fingerprint density at radius 1 is 0.939 bits per heavy atom. The van der Waals surface area contributed by atoms with Gasteiger partial charge in [0.15, 0.2) is 6.61 Å². The van der Waals surface area contributed by atoms with Gasteiger partial charge >= 0.3 is 0 Å². The molecule has 0 unspecified atom stereocenters. The van der Waals surface area contributed by atoms with Gasteiger partial charge in [0.25, 0.3) is 11.8 Å². The third-order valence-corrected chi connectivity index (χ3v) is 6.22. The molecule has 0 spiro atoms. The van der Waals surface area contributed by atoms with E-state index in [-0.39, 0.29) is 12.5 Å². The number of carbonyl (C=O) groups is 2. The molecular weight excluding hydrogens is 434 g/mol. The van der Waals surface area contributed by atoms with Crippen molar-refractivity contribution in [3.63, 3.8) is 0 Å². The number of aryl methyl sites for hydroxylation is 1. The second-order valence-electron chi connectivity index (χ2n) is 7.60. The number of benzene rings is 2. The Bertz CT molecular complexity index is 1250. The number of para-hydroxylation sites is 1. The minimum absolute atomic E-state index is 0.221. The molecule has 0 radical (unpaired) electrons. The maximum absolute atomic E-state index is 12.7. The van der Waals surface area contributed by atoms with E-state index >= 15 is 0 Å². The summed E-state index contributed by atoms with van der Waals surface area (Å²) in [6.45, 7) is 4.36. The van der Waals surface area contributed by atoms with Gasteiger partial charge < -0.3 is 9.30 Å². The minimum Gasteiger partial charge on any atom is -0.483 e. The molecule has 2 heterocycles. The van der Waals surface area contributed by atoms with Crippen LogP contribution in [0.5, 0.6) is 5.75 Å². The first-order valence-electron chi connectivity index (χ1n) is 10.6. The Hall–Kier alpha value is -3.84. The third-order valence-electron chi connectivity index (χ3n) is 5.36. The van der Waals surface area contributed by atoms with E-state index in [9.17, 15) is 9.59 Å². The van der Waals surface area contributed by atoms with Gasteiger partial charge in [-0.15, -0.1) is 11.3 Å². The van der Waals surface area contributed by atoms with E-state index in [1.54, 1.807) is 11.3 Å². The monoisotopic (exact) mass is 459 g/mol. The number of rotatable bonds is 7. The van der Waals surface area contributed by atoms with Gasteiger partial charge in [-0.2, -0.15) is 0 Å². The Balaban J connectivity index is 1.34. The Labute approximate surface area is 196 Å². The lowest BCUT2D eigenvalue weighted by Crippen LogP contribution is -2.44. The SMILES string of the molecule is Cc1cc(C(=O)NNC(=O)COc2ccccc2-c2ccccc2)c(C)n1Cc1cccs1. The van der Waals surface area contributed by atoms with E-state index in [4.69, 9.17) is 4.74 Å². The molecule has 2 amide bonds. The van der Waals surface area contributed by atoms with Gasteiger partial charge in [0.1, 0.15) is 5.75 Å². The zero-order chi connectivity index (χ0) is 23.2. The number of ether oxygens (including phenoxy) is 1. The molecule has 0 saturated heterocycles. The van der Waals surface area contributed by atoms with E-state index in [2.05, 4.69) is 21.5 Å². The summed E-state index contributed by atoms with van der Waals surface area (Å²) >= 11 is 1.68. The summed E-state index contributed by atoms with van der Waals surface area (Å²) in [5, 5.41) is 2.03. The molecule has 0 fully saturated rings. The largest absolute Gasteiger partial charge is 0.483 e. The maximum Gasteiger partial charge on any atom is 0.276 e. The first kappa shape index (κ1) is 22.4. The Morgan fingerprint density at radius 3 is 2.45 bits per heavy atom. The average Bonchev–Trinajstić information content (AvgIpc) is 3.46. The van der Waals surface area contributed by atoms with Crippen molar-refractivity contribution >= 4 is 23.2 Å². The van der Waals surface area contributed by atoms with Crippen LogP contribution in [-0.2, 0) is 11.3 Å². The standard InChI is InChI=1S/C26H25N3O3S/c1-18-15-23(19(2)29(18)16-21-11-8-14-33-21)26(31)28-27-25(30)17-32-24-13-7-6-12-22(24)20-9-4-3-5-10-20/h3-15H,16-17H2,1-2H3,(H,27,30)(H,28,31). The predicted molar refractivity (Wildman–Crippen MR) is 130 cm³/mol. The fraction of sp³-hybridized carbons (Fsp3) is 0.154. The van der Waals surface area contributed by atoms with Crippen molar-refractivity contribution in [2.45, 2.75) is 20.4 Å². The highest BCUT2D eigenvalue weighted by molar-refractivity contribution is 7.09. The van der Waals surface area contributed by atoms with Crippen LogP contribution in [0.3, 0.4) is 0 Å². The number of hydrogen-bond acceptors (Lipinski definition) is 4. The number of amides is 2. The molecule has 2 N–H and O–H groups in total. The second-order valence-corrected chi connectivity index (χ2v) is 8.64. The van der Waals surface area contributed by atoms with Gasteiger partial charge in [-0.1, -0.05) is 54.6 Å². The summed E-state index contributed by atoms with van der Waals surface area (Å²) in [6, 6.07) is 23.3. The molecule has 0 bridgehead atoms. The van der Waals surface area contributed by atoms with E-state index in [1.807, 2.05) is 86.0 Å². The lowest BCUT2D eigenvalue weighted by Gasteiger charge is -2.12. The summed E-state index contributed by atoms with van der Waals surface area (Å²) in [6.07, 6.45) is 0. The van der Waals surface area contributed by atoms with Crippen LogP contribution in [0.15, 0.2) is 78.2 Å². The fourth-order valence-corrected chi connectivity index (χ4v) is 4.35. The van der Waals surface area contributed by atoms with Crippen molar-refractivity contribution < 1.29 is 14.3 Å². The van der Waals surface area contributed by atoms with Crippen LogP contribution >= 0.6 is 11.3 Å². The zero-order valence-corrected chi connectivity index (χ0v) is 19.3. The van der Waals surface area contributed by atoms with Crippen molar-refractivity contribution in [1.82, 2.24) is 15.4 Å². The molecule has 0 aliphatic heterocycles. The molecule has 7 heteroatoms. The first-order chi connectivity index (χ1) is 16.0. The Morgan fingerprint density at radius 2 is 1.70 bits per heavy atom. The molecular formula is C26H25N3O3S. The molecule has 2 aromatic heterocycles. The summed E-state index contributed by atoms with van der Waals surface area (Å²) in [7, 11) is 0. The van der Waals surface area contributed by atoms with Crippen LogP contribution in [0, 0.1) is 13.8 Å². The molecule has 33 heavy (non-hydrogen) atoms. The summed E-state index contributed by atoms with van der Waals surface area (Å²) in [5.41, 5.74) is 9.19. The van der Waals surface area contributed by atoms with E-state index in [0.29, 0.717) is 17.9 Å². The molecule has 0 aliphatic carbocycles. The predicted octanol–water partition coefficient (Wildman–Crippen LogP) is 4.72. The van der Waals surface area contributed by atoms with E-state index in [0.717, 1.165) is 22.5 Å². The zero-order valence-electron chi connectivity index (χ0n) is 18.5. The molecule has 4 rings (SSSR count). The highest BCUT2D eigenvalue weighted by atomic mass is 32.1. The van der Waals surface area contributed by atoms with Gasteiger partial charge in [-0.25, -0.2) is 0 Å². The number of carbonyl (C=O) groups excluding carboxylic acids is 2. The van der Waals surface area contributed by atoms with Crippen molar-refractivity contribution in [2.75, 3.05) is 6.61 Å². The van der Waals surface area contributed by atoms with E-state index < -0.39 is 5.91 Å². The molecule has 0 saturated carbocycles. The van der Waals surface area contributed by atoms with Crippen LogP contribution < -0.4 is 15.6 Å². The quantitative estimate of drug-likeness (QED) is 0.393. The first-order valence-corrected chi connectivity index (χ1v) is 11.5. The summed E-state index contributed by atoms with van der Waals surface area (Å²) in [4.78, 5) is 26.2. The summed E-state index contributed by atoms with van der Waals surface area (Å²) < 4.78 is 7.82. The maximum atomic E-state index is 12.7. The fourth-order valence-electron chi connectivity index (χ4n) is 3.65. The minimum atomic E-state index is -0.446. The molecule has 6 nitrogen and oxygen atoms in total. The molecule has 4 aromatic rings. The number of hydrogen-bond donors (Lipinski definition) is 2. The van der Waals surface area contributed by atoms with Crippen LogP contribution in [0.4, 0.5) is 0 Å². The highest BCUT2D eigenvalue weighted by Gasteiger charge is 2.17. The number of aromatic nitrogens is 1. The number of nitrogens with zero attached hydrogens (tertiary/aromatic N) is 1. The molecule has 0 atom stereocenters. The van der Waals surface area contributed by atoms with E-state index in [1.165, 1.54) is 4.88 Å². The normalized spacial score (nSPS) is 10.6. The van der Waals surface area contributed by atoms with Gasteiger partial charge in [-0.3, -0.25) is 20.4 Å². The topological polar surface area (TPSA) is 72.4 Å². The van der Waals surface area contributed by atoms with Crippen molar-refractivity contribution in [2.24, 2.45) is 0 Å². The van der Waals surface area contributed by atoms with Gasteiger partial charge in [0.05, 0.1) is 12.1 Å².